The van der Waals surface area contributed by atoms with Crippen LogP contribution in [0.15, 0.2) is 0 Å². The monoisotopic (exact) mass is 422 g/mol. The van der Waals surface area contributed by atoms with Crippen LogP contribution in [0.4, 0.5) is 9.59 Å². The number of hydrogen-bond donors (Lipinski definition) is 2. The maximum absolute atomic E-state index is 12.6. The highest BCUT2D eigenvalue weighted by molar-refractivity contribution is 6.07. The topological polar surface area (TPSA) is 108 Å². The van der Waals surface area contributed by atoms with Crippen LogP contribution in [0.1, 0.15) is 65.7 Å². The molecule has 9 nitrogen and oxygen atoms in total. The molecule has 9 heteroatoms. The van der Waals surface area contributed by atoms with E-state index in [0.29, 0.717) is 58.3 Å². The van der Waals surface area contributed by atoms with Gasteiger partial charge in [-0.15, -0.1) is 0 Å². The maximum Gasteiger partial charge on any atom is 0.410 e. The van der Waals surface area contributed by atoms with Crippen molar-refractivity contribution in [2.24, 2.45) is 5.92 Å². The van der Waals surface area contributed by atoms with Crippen molar-refractivity contribution in [2.45, 2.75) is 76.9 Å². The predicted octanol–water partition coefficient (Wildman–Crippen LogP) is 2.00. The first-order chi connectivity index (χ1) is 14.1. The van der Waals surface area contributed by atoms with Crippen molar-refractivity contribution in [3.05, 3.63) is 0 Å². The van der Waals surface area contributed by atoms with E-state index in [1.165, 1.54) is 4.90 Å². The first kappa shape index (κ1) is 22.4. The van der Waals surface area contributed by atoms with Gasteiger partial charge in [0.2, 0.25) is 5.91 Å². The highest BCUT2D eigenvalue weighted by Gasteiger charge is 2.52. The lowest BCUT2D eigenvalue weighted by molar-refractivity contribution is -0.131. The van der Waals surface area contributed by atoms with Crippen molar-refractivity contribution in [1.82, 2.24) is 20.4 Å². The Balaban J connectivity index is 1.35. The molecule has 5 amide bonds. The van der Waals surface area contributed by atoms with Crippen LogP contribution in [0, 0.1) is 5.92 Å². The Morgan fingerprint density at radius 1 is 1.17 bits per heavy atom. The summed E-state index contributed by atoms with van der Waals surface area (Å²) in [6, 6.07) is -0.317. The largest absolute Gasteiger partial charge is 0.444 e. The number of piperidine rings is 1. The summed E-state index contributed by atoms with van der Waals surface area (Å²) in [6.07, 6.45) is 4.74. The number of ether oxygens (including phenoxy) is 1. The van der Waals surface area contributed by atoms with E-state index in [2.05, 4.69) is 10.6 Å². The third-order valence-corrected chi connectivity index (χ3v) is 6.08. The van der Waals surface area contributed by atoms with Crippen LogP contribution in [0.2, 0.25) is 0 Å². The Bertz CT molecular complexity index is 688. The number of carbonyl (C=O) groups is 4. The zero-order chi connectivity index (χ0) is 21.9. The number of hydrogen-bond acceptors (Lipinski definition) is 5. The first-order valence-corrected chi connectivity index (χ1v) is 11.0. The molecule has 2 heterocycles. The van der Waals surface area contributed by atoms with Gasteiger partial charge in [-0.25, -0.2) is 9.59 Å². The Morgan fingerprint density at radius 3 is 2.40 bits per heavy atom. The zero-order valence-electron chi connectivity index (χ0n) is 18.3. The van der Waals surface area contributed by atoms with Crippen LogP contribution in [-0.2, 0) is 14.3 Å². The van der Waals surface area contributed by atoms with Gasteiger partial charge in [0, 0.05) is 32.1 Å². The van der Waals surface area contributed by atoms with E-state index in [9.17, 15) is 19.2 Å². The molecule has 0 radical (unpaired) electrons. The maximum atomic E-state index is 12.6. The second kappa shape index (κ2) is 8.81. The third kappa shape index (κ3) is 5.05. The van der Waals surface area contributed by atoms with E-state index in [1.54, 1.807) is 4.90 Å². The number of rotatable bonds is 5. The summed E-state index contributed by atoms with van der Waals surface area (Å²) in [7, 11) is 0. The van der Waals surface area contributed by atoms with E-state index >= 15 is 0 Å². The van der Waals surface area contributed by atoms with Gasteiger partial charge in [0.1, 0.15) is 11.1 Å². The molecule has 30 heavy (non-hydrogen) atoms. The molecule has 2 aliphatic heterocycles. The Hall–Kier alpha value is -2.32. The summed E-state index contributed by atoms with van der Waals surface area (Å²) in [4.78, 5) is 52.2. The fraction of sp³-hybridized carbons (Fsp3) is 0.810. The van der Waals surface area contributed by atoms with Gasteiger partial charge >= 0.3 is 12.1 Å². The zero-order valence-corrected chi connectivity index (χ0v) is 18.3. The Morgan fingerprint density at radius 2 is 1.80 bits per heavy atom. The van der Waals surface area contributed by atoms with Gasteiger partial charge < -0.3 is 20.3 Å². The lowest BCUT2D eigenvalue weighted by Gasteiger charge is -2.32. The summed E-state index contributed by atoms with van der Waals surface area (Å²) < 4.78 is 5.37. The van der Waals surface area contributed by atoms with Gasteiger partial charge in [-0.1, -0.05) is 12.8 Å². The number of nitrogens with zero attached hydrogens (tertiary/aromatic N) is 2. The number of likely N-dealkylation sites (tertiary alicyclic amines) is 1. The minimum atomic E-state index is -0.678. The van der Waals surface area contributed by atoms with Crippen LogP contribution in [0.3, 0.4) is 0 Å². The summed E-state index contributed by atoms with van der Waals surface area (Å²) >= 11 is 0. The van der Waals surface area contributed by atoms with Gasteiger partial charge in [0.05, 0.1) is 0 Å². The number of urea groups is 1. The molecule has 168 valence electrons. The van der Waals surface area contributed by atoms with E-state index in [4.69, 9.17) is 4.74 Å². The van der Waals surface area contributed by atoms with Crippen molar-refractivity contribution < 1.29 is 23.9 Å². The molecule has 1 spiro atoms. The molecule has 0 atom stereocenters. The summed E-state index contributed by atoms with van der Waals surface area (Å²) in [6.45, 7) is 7.21. The van der Waals surface area contributed by atoms with Crippen molar-refractivity contribution in [3.8, 4) is 0 Å². The minimum Gasteiger partial charge on any atom is -0.444 e. The smallest absolute Gasteiger partial charge is 0.410 e. The van der Waals surface area contributed by atoms with Crippen molar-refractivity contribution in [3.63, 3.8) is 0 Å². The fourth-order valence-electron chi connectivity index (χ4n) is 4.44. The molecule has 1 aliphatic carbocycles. The lowest BCUT2D eigenvalue weighted by atomic mass is 9.96. The van der Waals surface area contributed by atoms with Crippen LogP contribution in [0.25, 0.3) is 0 Å². The predicted molar refractivity (Wildman–Crippen MR) is 110 cm³/mol. The van der Waals surface area contributed by atoms with E-state index in [1.807, 2.05) is 20.8 Å². The van der Waals surface area contributed by atoms with E-state index in [0.717, 1.165) is 12.8 Å². The Kier molecular flexibility index (Phi) is 6.57. The molecule has 3 rings (SSSR count). The van der Waals surface area contributed by atoms with E-state index < -0.39 is 11.1 Å². The highest BCUT2D eigenvalue weighted by atomic mass is 16.6. The standard InChI is InChI=1S/C21H34N4O5/c1-20(2,3)30-19(29)24-13-7-15(8-14-24)16(26)22-11-6-12-25-17(27)21(23-18(25)28)9-4-5-10-21/h15H,4-14H2,1-3H3,(H,22,26)(H,23,28). The molecule has 0 aromatic rings. The summed E-state index contributed by atoms with van der Waals surface area (Å²) in [5.41, 5.74) is -1.21. The normalized spacial score (nSPS) is 21.8. The third-order valence-electron chi connectivity index (χ3n) is 6.08. The van der Waals surface area contributed by atoms with Crippen molar-refractivity contribution >= 4 is 23.9 Å². The molecule has 0 aromatic heterocycles. The highest BCUT2D eigenvalue weighted by Crippen LogP contribution is 2.35. The molecule has 1 saturated carbocycles. The summed E-state index contributed by atoms with van der Waals surface area (Å²) in [5.74, 6) is -0.295. The van der Waals surface area contributed by atoms with Crippen LogP contribution in [-0.4, -0.2) is 71.1 Å². The minimum absolute atomic E-state index is 0.0386. The van der Waals surface area contributed by atoms with Crippen LogP contribution in [0.5, 0.6) is 0 Å². The van der Waals surface area contributed by atoms with Gasteiger partial charge in [0.25, 0.3) is 5.91 Å². The summed E-state index contributed by atoms with van der Waals surface area (Å²) in [5, 5.41) is 5.77. The molecule has 2 saturated heterocycles. The SMILES string of the molecule is CC(C)(C)OC(=O)N1CCC(C(=O)NCCCN2C(=O)NC3(CCCC3)C2=O)CC1. The van der Waals surface area contributed by atoms with Crippen LogP contribution >= 0.6 is 0 Å². The molecular formula is C21H34N4O5. The van der Waals surface area contributed by atoms with E-state index in [-0.39, 0.29) is 29.9 Å². The van der Waals surface area contributed by atoms with Gasteiger partial charge in [-0.05, 0) is 52.9 Å². The van der Waals surface area contributed by atoms with Gasteiger partial charge in [-0.3, -0.25) is 14.5 Å². The second-order valence-corrected chi connectivity index (χ2v) is 9.56. The quantitative estimate of drug-likeness (QED) is 0.520. The number of imide groups is 1. The van der Waals surface area contributed by atoms with Crippen molar-refractivity contribution in [1.29, 1.82) is 0 Å². The average Bonchev–Trinajstić information content (AvgIpc) is 3.23. The lowest BCUT2D eigenvalue weighted by Crippen LogP contribution is -2.45. The molecule has 0 aromatic carbocycles. The number of nitrogens with one attached hydrogen (secondary N) is 2. The molecule has 3 aliphatic rings. The van der Waals surface area contributed by atoms with Crippen LogP contribution < -0.4 is 10.6 Å². The van der Waals surface area contributed by atoms with Gasteiger partial charge in [0.15, 0.2) is 0 Å². The number of amides is 5. The molecule has 0 bridgehead atoms. The molecule has 2 N–H and O–H groups in total. The second-order valence-electron chi connectivity index (χ2n) is 9.56. The van der Waals surface area contributed by atoms with Gasteiger partial charge in [-0.2, -0.15) is 0 Å². The fourth-order valence-corrected chi connectivity index (χ4v) is 4.44. The average molecular weight is 423 g/mol. The molecular weight excluding hydrogens is 388 g/mol. The number of carbonyl (C=O) groups excluding carboxylic acids is 4. The molecule has 3 fully saturated rings. The Labute approximate surface area is 177 Å². The van der Waals surface area contributed by atoms with Crippen molar-refractivity contribution in [2.75, 3.05) is 26.2 Å². The molecule has 0 unspecified atom stereocenters. The first-order valence-electron chi connectivity index (χ1n) is 11.0.